The second-order valence-corrected chi connectivity index (χ2v) is 7.45. The van der Waals surface area contributed by atoms with E-state index in [4.69, 9.17) is 5.11 Å². The molecule has 2 amide bonds. The average Bonchev–Trinajstić information content (AvgIpc) is 2.59. The van der Waals surface area contributed by atoms with E-state index in [1.165, 1.54) is 23.9 Å². The molecule has 10 heteroatoms. The van der Waals surface area contributed by atoms with Crippen molar-refractivity contribution >= 4 is 35.2 Å². The number of carboxylic acids is 1. The molecule has 0 aliphatic heterocycles. The van der Waals surface area contributed by atoms with Crippen LogP contribution in [0.25, 0.3) is 0 Å². The van der Waals surface area contributed by atoms with E-state index in [2.05, 4.69) is 10.6 Å². The Bertz CT molecular complexity index is 723. The first-order valence-corrected chi connectivity index (χ1v) is 9.35. The predicted molar refractivity (Wildman–Crippen MR) is 101 cm³/mol. The van der Waals surface area contributed by atoms with Gasteiger partial charge in [0.25, 0.3) is 11.6 Å². The summed E-state index contributed by atoms with van der Waals surface area (Å²) in [4.78, 5) is 46.4. The number of hydrogen-bond acceptors (Lipinski definition) is 6. The van der Waals surface area contributed by atoms with Crippen LogP contribution in [0.3, 0.4) is 0 Å². The third-order valence-electron chi connectivity index (χ3n) is 3.47. The van der Waals surface area contributed by atoms with E-state index < -0.39 is 35.3 Å². The van der Waals surface area contributed by atoms with Crippen LogP contribution in [0.2, 0.25) is 0 Å². The highest BCUT2D eigenvalue weighted by Gasteiger charge is 2.22. The number of rotatable bonds is 10. The van der Waals surface area contributed by atoms with Crippen molar-refractivity contribution in [2.45, 2.75) is 38.1 Å². The molecule has 1 rings (SSSR count). The van der Waals surface area contributed by atoms with Gasteiger partial charge in [0.05, 0.1) is 17.0 Å². The van der Waals surface area contributed by atoms with Crippen LogP contribution in [0.1, 0.15) is 37.6 Å². The molecule has 0 unspecified atom stereocenters. The minimum absolute atomic E-state index is 0.0690. The fraction of sp³-hybridized carbons (Fsp3) is 0.471. The van der Waals surface area contributed by atoms with Gasteiger partial charge in [0, 0.05) is 17.0 Å². The first-order chi connectivity index (χ1) is 12.6. The summed E-state index contributed by atoms with van der Waals surface area (Å²) < 4.78 is 0. The Balaban J connectivity index is 2.80. The van der Waals surface area contributed by atoms with Crippen molar-refractivity contribution in [2.75, 3.05) is 12.3 Å². The number of non-ortho nitro benzene ring substituents is 1. The summed E-state index contributed by atoms with van der Waals surface area (Å²) >= 11 is 1.34. The van der Waals surface area contributed by atoms with E-state index in [0.717, 1.165) is 6.07 Å². The van der Waals surface area contributed by atoms with Crippen LogP contribution >= 0.6 is 11.8 Å². The zero-order valence-electron chi connectivity index (χ0n) is 15.4. The summed E-state index contributed by atoms with van der Waals surface area (Å²) in [5, 5.41) is 24.8. The second-order valence-electron chi connectivity index (χ2n) is 6.14. The molecule has 0 saturated heterocycles. The summed E-state index contributed by atoms with van der Waals surface area (Å²) in [6.07, 6.45) is 0.261. The number of thioether (sulfide) groups is 1. The number of nitro benzene ring substituents is 1. The van der Waals surface area contributed by atoms with Gasteiger partial charge in [0.15, 0.2) is 0 Å². The summed E-state index contributed by atoms with van der Waals surface area (Å²) in [6.45, 7) is 5.11. The second kappa shape index (κ2) is 10.5. The SMILES string of the molecule is CCSc1ccc([N+](=O)[O-])cc1C(=O)NCC(=O)N[C@@H](CC(C)C)C(=O)O. The minimum atomic E-state index is -1.15. The topological polar surface area (TPSA) is 139 Å². The number of benzene rings is 1. The number of carbonyl (C=O) groups is 3. The Kier molecular flexibility index (Phi) is 8.73. The maximum Gasteiger partial charge on any atom is 0.326 e. The van der Waals surface area contributed by atoms with Gasteiger partial charge < -0.3 is 15.7 Å². The van der Waals surface area contributed by atoms with Crippen LogP contribution in [0.5, 0.6) is 0 Å². The van der Waals surface area contributed by atoms with Gasteiger partial charge >= 0.3 is 5.97 Å². The lowest BCUT2D eigenvalue weighted by Crippen LogP contribution is -2.46. The van der Waals surface area contributed by atoms with Gasteiger partial charge in [-0.2, -0.15) is 0 Å². The van der Waals surface area contributed by atoms with Gasteiger partial charge in [-0.1, -0.05) is 20.8 Å². The number of carbonyl (C=O) groups excluding carboxylic acids is 2. The van der Waals surface area contributed by atoms with Crippen molar-refractivity contribution in [3.8, 4) is 0 Å². The first-order valence-electron chi connectivity index (χ1n) is 8.37. The molecule has 1 atom stereocenters. The van der Waals surface area contributed by atoms with Crippen molar-refractivity contribution in [3.05, 3.63) is 33.9 Å². The molecule has 0 aromatic heterocycles. The molecule has 1 aromatic carbocycles. The molecule has 0 bridgehead atoms. The molecule has 9 nitrogen and oxygen atoms in total. The molecular weight excluding hydrogens is 374 g/mol. The fourth-order valence-electron chi connectivity index (χ4n) is 2.28. The standard InChI is InChI=1S/C17H23N3O6S/c1-4-27-14-6-5-11(20(25)26)8-12(14)16(22)18-9-15(21)19-13(17(23)24)7-10(2)3/h5-6,8,10,13H,4,7,9H2,1-3H3,(H,18,22)(H,19,21)(H,23,24)/t13-/m0/s1. The number of carboxylic acid groups (broad SMARTS) is 1. The summed E-state index contributed by atoms with van der Waals surface area (Å²) in [5.41, 5.74) is -0.131. The Labute approximate surface area is 161 Å². The zero-order valence-corrected chi connectivity index (χ0v) is 16.2. The highest BCUT2D eigenvalue weighted by Crippen LogP contribution is 2.26. The molecule has 0 fully saturated rings. The maximum absolute atomic E-state index is 12.4. The van der Waals surface area contributed by atoms with Crippen LogP contribution in [0, 0.1) is 16.0 Å². The van der Waals surface area contributed by atoms with Crippen molar-refractivity contribution in [1.29, 1.82) is 0 Å². The average molecular weight is 397 g/mol. The normalized spacial score (nSPS) is 11.7. The summed E-state index contributed by atoms with van der Waals surface area (Å²) in [7, 11) is 0. The molecule has 1 aromatic rings. The summed E-state index contributed by atoms with van der Waals surface area (Å²) in [5.74, 6) is -1.70. The molecule has 0 radical (unpaired) electrons. The third-order valence-corrected chi connectivity index (χ3v) is 4.42. The lowest BCUT2D eigenvalue weighted by molar-refractivity contribution is -0.384. The van der Waals surface area contributed by atoms with E-state index in [9.17, 15) is 24.5 Å². The van der Waals surface area contributed by atoms with Crippen molar-refractivity contribution in [2.24, 2.45) is 5.92 Å². The molecule has 0 aliphatic rings. The van der Waals surface area contributed by atoms with E-state index in [1.54, 1.807) is 0 Å². The van der Waals surface area contributed by atoms with Crippen molar-refractivity contribution in [1.82, 2.24) is 10.6 Å². The number of amides is 2. The summed E-state index contributed by atoms with van der Waals surface area (Å²) in [6, 6.07) is 2.91. The Morgan fingerprint density at radius 3 is 2.48 bits per heavy atom. The van der Waals surface area contributed by atoms with Crippen LogP contribution in [-0.2, 0) is 9.59 Å². The highest BCUT2D eigenvalue weighted by atomic mass is 32.2. The van der Waals surface area contributed by atoms with Crippen LogP contribution in [-0.4, -0.2) is 46.2 Å². The smallest absolute Gasteiger partial charge is 0.326 e. The van der Waals surface area contributed by atoms with Gasteiger partial charge in [0.2, 0.25) is 5.91 Å². The minimum Gasteiger partial charge on any atom is -0.480 e. The Morgan fingerprint density at radius 2 is 1.96 bits per heavy atom. The number of nitrogens with one attached hydrogen (secondary N) is 2. The number of nitro groups is 1. The molecule has 0 aliphatic carbocycles. The van der Waals surface area contributed by atoms with E-state index >= 15 is 0 Å². The molecule has 0 heterocycles. The van der Waals surface area contributed by atoms with Crippen LogP contribution < -0.4 is 10.6 Å². The first kappa shape index (κ1) is 22.4. The highest BCUT2D eigenvalue weighted by molar-refractivity contribution is 7.99. The van der Waals surface area contributed by atoms with Gasteiger partial charge in [-0.25, -0.2) is 4.79 Å². The van der Waals surface area contributed by atoms with E-state index in [1.807, 2.05) is 20.8 Å². The fourth-order valence-corrected chi connectivity index (χ4v) is 3.07. The number of aliphatic carboxylic acids is 1. The largest absolute Gasteiger partial charge is 0.480 e. The quantitative estimate of drug-likeness (QED) is 0.312. The van der Waals surface area contributed by atoms with Gasteiger partial charge in [-0.15, -0.1) is 11.8 Å². The lowest BCUT2D eigenvalue weighted by Gasteiger charge is -2.16. The third kappa shape index (κ3) is 7.26. The molecule has 27 heavy (non-hydrogen) atoms. The Morgan fingerprint density at radius 1 is 1.30 bits per heavy atom. The predicted octanol–water partition coefficient (Wildman–Crippen LogP) is 2.05. The van der Waals surface area contributed by atoms with Crippen LogP contribution in [0.4, 0.5) is 5.69 Å². The maximum atomic E-state index is 12.4. The molecule has 148 valence electrons. The lowest BCUT2D eigenvalue weighted by atomic mass is 10.0. The van der Waals surface area contributed by atoms with Gasteiger partial charge in [-0.3, -0.25) is 19.7 Å². The van der Waals surface area contributed by atoms with E-state index in [0.29, 0.717) is 10.6 Å². The van der Waals surface area contributed by atoms with Gasteiger partial charge in [-0.05, 0) is 24.2 Å². The molecular formula is C17H23N3O6S. The number of hydrogen-bond donors (Lipinski definition) is 3. The molecule has 3 N–H and O–H groups in total. The van der Waals surface area contributed by atoms with Crippen molar-refractivity contribution < 1.29 is 24.4 Å². The monoisotopic (exact) mass is 397 g/mol. The molecule has 0 saturated carbocycles. The number of nitrogens with zero attached hydrogens (tertiary/aromatic N) is 1. The van der Waals surface area contributed by atoms with Crippen LogP contribution in [0.15, 0.2) is 23.1 Å². The molecule has 0 spiro atoms. The zero-order chi connectivity index (χ0) is 20.6. The van der Waals surface area contributed by atoms with E-state index in [-0.39, 0.29) is 23.6 Å². The van der Waals surface area contributed by atoms with Crippen molar-refractivity contribution in [3.63, 3.8) is 0 Å². The van der Waals surface area contributed by atoms with Gasteiger partial charge in [0.1, 0.15) is 6.04 Å². The Hall–Kier alpha value is -2.62.